The Balaban J connectivity index is 2.13. The van der Waals surface area contributed by atoms with E-state index in [1.165, 1.54) is 0 Å². The summed E-state index contributed by atoms with van der Waals surface area (Å²) in [5.41, 5.74) is 0. The molecule has 0 unspecified atom stereocenters. The predicted molar refractivity (Wildman–Crippen MR) is 56.2 cm³/mol. The number of unbranched alkanes of at least 4 members (excludes halogenated alkanes) is 3. The minimum Gasteiger partial charge on any atom is -0.342 e. The molecule has 1 N–H and O–H groups in total. The zero-order chi connectivity index (χ0) is 10.2. The number of rotatable bonds is 7. The fraction of sp³-hybridized carbons (Fsp3) is 0.455. The molecule has 0 saturated heterocycles. The van der Waals surface area contributed by atoms with Gasteiger partial charge in [-0.25, -0.2) is 4.98 Å². The van der Waals surface area contributed by atoms with Crippen LogP contribution in [0.4, 0.5) is 0 Å². The summed E-state index contributed by atoms with van der Waals surface area (Å²) in [6.45, 7) is 3.65. The third-order valence-electron chi connectivity index (χ3n) is 2.07. The van der Waals surface area contributed by atoms with Crippen molar-refractivity contribution in [1.29, 1.82) is 0 Å². The van der Waals surface area contributed by atoms with Crippen molar-refractivity contribution in [2.75, 3.05) is 0 Å². The molecule has 3 heteroatoms. The molecule has 1 rings (SSSR count). The molecule has 0 aromatic carbocycles. The lowest BCUT2D eigenvalue weighted by molar-refractivity contribution is 0.0970. The Hall–Kier alpha value is -1.38. The van der Waals surface area contributed by atoms with Crippen LogP contribution in [0.1, 0.15) is 42.7 Å². The van der Waals surface area contributed by atoms with E-state index in [4.69, 9.17) is 0 Å². The number of nitrogens with one attached hydrogen (secondary N) is 1. The fourth-order valence-corrected chi connectivity index (χ4v) is 1.29. The first kappa shape index (κ1) is 10.7. The van der Waals surface area contributed by atoms with Crippen LogP contribution in [-0.4, -0.2) is 15.8 Å². The quantitative estimate of drug-likeness (QED) is 0.410. The molecule has 0 radical (unpaired) electrons. The van der Waals surface area contributed by atoms with E-state index in [0.717, 1.165) is 25.7 Å². The number of hydrogen-bond acceptors (Lipinski definition) is 2. The van der Waals surface area contributed by atoms with Crippen molar-refractivity contribution in [3.05, 3.63) is 30.9 Å². The summed E-state index contributed by atoms with van der Waals surface area (Å²) in [5.74, 6) is 0.585. The Labute approximate surface area is 84.3 Å². The third-order valence-corrected chi connectivity index (χ3v) is 2.07. The fourth-order valence-electron chi connectivity index (χ4n) is 1.29. The molecule has 0 aliphatic carbocycles. The molecule has 0 aliphatic heterocycles. The average Bonchev–Trinajstić information content (AvgIpc) is 2.70. The first-order chi connectivity index (χ1) is 6.84. The van der Waals surface area contributed by atoms with Gasteiger partial charge in [-0.15, -0.1) is 6.58 Å². The monoisotopic (exact) mass is 192 g/mol. The second kappa shape index (κ2) is 6.13. The van der Waals surface area contributed by atoms with Gasteiger partial charge in [-0.05, 0) is 19.3 Å². The molecule has 0 spiro atoms. The maximum Gasteiger partial charge on any atom is 0.198 e. The van der Waals surface area contributed by atoms with E-state index >= 15 is 0 Å². The minimum atomic E-state index is 0.105. The third kappa shape index (κ3) is 3.56. The Morgan fingerprint density at radius 2 is 2.36 bits per heavy atom. The number of aromatic amines is 1. The van der Waals surface area contributed by atoms with Gasteiger partial charge in [-0.3, -0.25) is 4.79 Å². The normalized spacial score (nSPS) is 10.0. The van der Waals surface area contributed by atoms with Crippen molar-refractivity contribution < 1.29 is 4.79 Å². The van der Waals surface area contributed by atoms with Gasteiger partial charge in [0.25, 0.3) is 0 Å². The number of allylic oxidation sites excluding steroid dienone is 1. The van der Waals surface area contributed by atoms with E-state index in [1.807, 2.05) is 6.08 Å². The Bertz CT molecular complexity index is 277. The van der Waals surface area contributed by atoms with Crippen molar-refractivity contribution in [3.63, 3.8) is 0 Å². The molecule has 0 aliphatic rings. The topological polar surface area (TPSA) is 45.8 Å². The first-order valence-corrected chi connectivity index (χ1v) is 4.98. The summed E-state index contributed by atoms with van der Waals surface area (Å²) in [6, 6.07) is 0. The van der Waals surface area contributed by atoms with Gasteiger partial charge in [0, 0.05) is 18.8 Å². The molecule has 76 valence electrons. The number of nitrogens with zero attached hydrogens (tertiary/aromatic N) is 1. The molecule has 0 amide bonds. The Kier molecular flexibility index (Phi) is 4.69. The highest BCUT2D eigenvalue weighted by atomic mass is 16.1. The number of H-pyrrole nitrogens is 1. The van der Waals surface area contributed by atoms with Crippen LogP contribution < -0.4 is 0 Å². The number of ketones is 1. The summed E-state index contributed by atoms with van der Waals surface area (Å²) in [7, 11) is 0. The number of aromatic nitrogens is 2. The van der Waals surface area contributed by atoms with Gasteiger partial charge in [0.1, 0.15) is 0 Å². The standard InChI is InChI=1S/C11H16N2O/c1-2-3-4-5-6-7-10(14)11-12-8-9-13-11/h2,8-9H,1,3-7H2,(H,12,13). The van der Waals surface area contributed by atoms with Crippen LogP contribution in [0.15, 0.2) is 25.0 Å². The maximum atomic E-state index is 11.4. The SMILES string of the molecule is C=CCCCCCC(=O)c1ncc[nH]1. The van der Waals surface area contributed by atoms with Crippen LogP contribution in [0, 0.1) is 0 Å². The van der Waals surface area contributed by atoms with Crippen LogP contribution >= 0.6 is 0 Å². The lowest BCUT2D eigenvalue weighted by atomic mass is 10.1. The number of Topliss-reactive ketones (excluding diaryl/α,β-unsaturated/α-hetero) is 1. The largest absolute Gasteiger partial charge is 0.342 e. The summed E-state index contributed by atoms with van der Waals surface area (Å²) in [6.07, 6.45) is 9.95. The Morgan fingerprint density at radius 3 is 3.00 bits per heavy atom. The minimum absolute atomic E-state index is 0.105. The summed E-state index contributed by atoms with van der Waals surface area (Å²) in [4.78, 5) is 18.1. The van der Waals surface area contributed by atoms with Crippen LogP contribution in [0.5, 0.6) is 0 Å². The van der Waals surface area contributed by atoms with Crippen LogP contribution in [0.2, 0.25) is 0 Å². The molecule has 0 atom stereocenters. The molecule has 0 fully saturated rings. The van der Waals surface area contributed by atoms with Gasteiger partial charge in [0.05, 0.1) is 0 Å². The summed E-state index contributed by atoms with van der Waals surface area (Å²) >= 11 is 0. The smallest absolute Gasteiger partial charge is 0.198 e. The molecular formula is C11H16N2O. The van der Waals surface area contributed by atoms with E-state index < -0.39 is 0 Å². The number of carbonyl (C=O) groups excluding carboxylic acids is 1. The van der Waals surface area contributed by atoms with Gasteiger partial charge < -0.3 is 4.98 Å². The van der Waals surface area contributed by atoms with Crippen LogP contribution in [0.3, 0.4) is 0 Å². The van der Waals surface area contributed by atoms with E-state index in [1.54, 1.807) is 12.4 Å². The zero-order valence-corrected chi connectivity index (χ0v) is 8.33. The Morgan fingerprint density at radius 1 is 1.50 bits per heavy atom. The number of imidazole rings is 1. The summed E-state index contributed by atoms with van der Waals surface area (Å²) in [5, 5.41) is 0. The maximum absolute atomic E-state index is 11.4. The van der Waals surface area contributed by atoms with Crippen LogP contribution in [-0.2, 0) is 0 Å². The molecule has 0 saturated carbocycles. The predicted octanol–water partition coefficient (Wildman–Crippen LogP) is 2.73. The number of hydrogen-bond donors (Lipinski definition) is 1. The van der Waals surface area contributed by atoms with Crippen molar-refractivity contribution in [1.82, 2.24) is 9.97 Å². The number of carbonyl (C=O) groups is 1. The molecule has 14 heavy (non-hydrogen) atoms. The van der Waals surface area contributed by atoms with Crippen molar-refractivity contribution in [3.8, 4) is 0 Å². The highest BCUT2D eigenvalue weighted by molar-refractivity contribution is 5.92. The van der Waals surface area contributed by atoms with Crippen molar-refractivity contribution >= 4 is 5.78 Å². The molecule has 0 bridgehead atoms. The second-order valence-corrected chi connectivity index (χ2v) is 3.25. The average molecular weight is 192 g/mol. The van der Waals surface area contributed by atoms with Gasteiger partial charge >= 0.3 is 0 Å². The van der Waals surface area contributed by atoms with Gasteiger partial charge in [0.15, 0.2) is 11.6 Å². The summed E-state index contributed by atoms with van der Waals surface area (Å²) < 4.78 is 0. The highest BCUT2D eigenvalue weighted by Crippen LogP contribution is 2.06. The molecule has 1 aromatic rings. The first-order valence-electron chi connectivity index (χ1n) is 4.98. The van der Waals surface area contributed by atoms with Crippen LogP contribution in [0.25, 0.3) is 0 Å². The van der Waals surface area contributed by atoms with Gasteiger partial charge in [0.2, 0.25) is 0 Å². The van der Waals surface area contributed by atoms with E-state index in [-0.39, 0.29) is 5.78 Å². The van der Waals surface area contributed by atoms with Gasteiger partial charge in [-0.1, -0.05) is 12.5 Å². The van der Waals surface area contributed by atoms with E-state index in [0.29, 0.717) is 12.2 Å². The molecule has 3 nitrogen and oxygen atoms in total. The highest BCUT2D eigenvalue weighted by Gasteiger charge is 2.06. The molecular weight excluding hydrogens is 176 g/mol. The van der Waals surface area contributed by atoms with E-state index in [9.17, 15) is 4.79 Å². The molecule has 1 heterocycles. The van der Waals surface area contributed by atoms with E-state index in [2.05, 4.69) is 16.5 Å². The lowest BCUT2D eigenvalue weighted by Crippen LogP contribution is -2.00. The molecule has 1 aromatic heterocycles. The second-order valence-electron chi connectivity index (χ2n) is 3.25. The van der Waals surface area contributed by atoms with Crippen molar-refractivity contribution in [2.45, 2.75) is 32.1 Å². The van der Waals surface area contributed by atoms with Crippen molar-refractivity contribution in [2.24, 2.45) is 0 Å². The lowest BCUT2D eigenvalue weighted by Gasteiger charge is -1.97. The zero-order valence-electron chi connectivity index (χ0n) is 8.33. The van der Waals surface area contributed by atoms with Gasteiger partial charge in [-0.2, -0.15) is 0 Å².